The van der Waals surface area contributed by atoms with Gasteiger partial charge in [0.15, 0.2) is 0 Å². The normalized spacial score (nSPS) is 22.8. The molecule has 2 aliphatic rings. The van der Waals surface area contributed by atoms with Crippen LogP contribution in [0.25, 0.3) is 0 Å². The zero-order valence-corrected chi connectivity index (χ0v) is 12.2. The molecule has 2 N–H and O–H groups in total. The first-order valence-electron chi connectivity index (χ1n) is 6.52. The van der Waals surface area contributed by atoms with Gasteiger partial charge >= 0.3 is 0 Å². The lowest BCUT2D eigenvalue weighted by Crippen LogP contribution is -2.62. The molecule has 1 unspecified atom stereocenters. The summed E-state index contributed by atoms with van der Waals surface area (Å²) < 4.78 is 29.6. The van der Waals surface area contributed by atoms with Crippen molar-refractivity contribution in [2.24, 2.45) is 11.3 Å². The van der Waals surface area contributed by atoms with E-state index >= 15 is 0 Å². The molecular weight excluding hydrogens is 276 g/mol. The van der Waals surface area contributed by atoms with E-state index in [9.17, 15) is 8.42 Å². The molecule has 1 aromatic rings. The first-order valence-corrected chi connectivity index (χ1v) is 7.96. The molecule has 1 atom stereocenters. The van der Waals surface area contributed by atoms with Crippen molar-refractivity contribution >= 4 is 10.1 Å². The first kappa shape index (κ1) is 15.0. The fraction of sp³-hybridized carbons (Fsp3) is 0.500. The van der Waals surface area contributed by atoms with Crippen LogP contribution < -0.4 is 5.32 Å². The molecule has 0 radical (unpaired) electrons. The third kappa shape index (κ3) is 3.01. The van der Waals surface area contributed by atoms with Gasteiger partial charge in [-0.05, 0) is 31.9 Å². The van der Waals surface area contributed by atoms with E-state index in [2.05, 4.69) is 11.4 Å². The minimum Gasteiger partial charge on any atom is -0.315 e. The molecule has 0 aromatic heterocycles. The second-order valence-corrected chi connectivity index (χ2v) is 6.90. The molecule has 6 heteroatoms. The summed E-state index contributed by atoms with van der Waals surface area (Å²) in [7, 11) is -4.02. The summed E-state index contributed by atoms with van der Waals surface area (Å²) in [5, 5.41) is 11.8. The summed E-state index contributed by atoms with van der Waals surface area (Å²) in [6.07, 6.45) is 2.41. The molecule has 1 aliphatic heterocycles. The van der Waals surface area contributed by atoms with Crippen molar-refractivity contribution < 1.29 is 13.0 Å². The van der Waals surface area contributed by atoms with Crippen LogP contribution in [0.2, 0.25) is 0 Å². The van der Waals surface area contributed by atoms with Crippen molar-refractivity contribution in [1.29, 1.82) is 5.26 Å². The highest BCUT2D eigenvalue weighted by atomic mass is 32.2. The van der Waals surface area contributed by atoms with Crippen LogP contribution in [0.1, 0.15) is 18.4 Å². The maximum absolute atomic E-state index is 10.5. The van der Waals surface area contributed by atoms with Crippen molar-refractivity contribution in [3.8, 4) is 6.07 Å². The maximum atomic E-state index is 10.5. The SMILES string of the molecule is Cc1ccc(S(=O)(=O)O)cc1.N#CC1CCC12CNC2. The molecule has 0 bridgehead atoms. The lowest BCUT2D eigenvalue weighted by Gasteiger charge is -2.53. The summed E-state index contributed by atoms with van der Waals surface area (Å²) in [4.78, 5) is -0.0666. The standard InChI is InChI=1S/C7H10N2.C7H8O3S/c8-3-6-1-2-7(6)4-9-5-7;1-6-2-4-7(5-3-6)11(8,9)10/h6,9H,1-2,4-5H2;2-5H,1H3,(H,8,9,10). The van der Waals surface area contributed by atoms with Crippen LogP contribution in [0.15, 0.2) is 29.2 Å². The minimum absolute atomic E-state index is 0.0666. The van der Waals surface area contributed by atoms with Crippen LogP contribution in [0.3, 0.4) is 0 Å². The number of nitrogens with zero attached hydrogens (tertiary/aromatic N) is 1. The third-order valence-electron chi connectivity index (χ3n) is 4.10. The van der Waals surface area contributed by atoms with Crippen molar-refractivity contribution in [3.63, 3.8) is 0 Å². The molecule has 20 heavy (non-hydrogen) atoms. The van der Waals surface area contributed by atoms with Gasteiger partial charge in [-0.3, -0.25) is 4.55 Å². The zero-order valence-electron chi connectivity index (χ0n) is 11.3. The fourth-order valence-electron chi connectivity index (χ4n) is 2.48. The Morgan fingerprint density at radius 2 is 1.95 bits per heavy atom. The van der Waals surface area contributed by atoms with Crippen LogP contribution in [0.4, 0.5) is 0 Å². The average Bonchev–Trinajstić information content (AvgIpc) is 2.26. The number of rotatable bonds is 1. The number of hydrogen-bond donors (Lipinski definition) is 2. The summed E-state index contributed by atoms with van der Waals surface area (Å²) in [6.45, 7) is 4.02. The number of nitrogens with one attached hydrogen (secondary N) is 1. The van der Waals surface area contributed by atoms with Crippen LogP contribution in [-0.2, 0) is 10.1 Å². The van der Waals surface area contributed by atoms with E-state index in [1.807, 2.05) is 6.92 Å². The van der Waals surface area contributed by atoms with Crippen LogP contribution in [0, 0.1) is 29.6 Å². The van der Waals surface area contributed by atoms with E-state index in [4.69, 9.17) is 9.81 Å². The quantitative estimate of drug-likeness (QED) is 0.770. The Bertz CT molecular complexity index is 607. The molecule has 1 aromatic carbocycles. The van der Waals surface area contributed by atoms with Crippen molar-refractivity contribution in [1.82, 2.24) is 5.32 Å². The van der Waals surface area contributed by atoms with Gasteiger partial charge in [-0.1, -0.05) is 17.7 Å². The van der Waals surface area contributed by atoms with Gasteiger partial charge in [-0.2, -0.15) is 13.7 Å². The number of aryl methyl sites for hydroxylation is 1. The molecule has 108 valence electrons. The van der Waals surface area contributed by atoms with Crippen molar-refractivity contribution in [3.05, 3.63) is 29.8 Å². The fourth-order valence-corrected chi connectivity index (χ4v) is 2.96. The van der Waals surface area contributed by atoms with Gasteiger partial charge in [-0.15, -0.1) is 0 Å². The second-order valence-electron chi connectivity index (χ2n) is 5.47. The van der Waals surface area contributed by atoms with Crippen LogP contribution in [0.5, 0.6) is 0 Å². The van der Waals surface area contributed by atoms with Gasteiger partial charge in [0.2, 0.25) is 0 Å². The number of hydrogen-bond acceptors (Lipinski definition) is 4. The Morgan fingerprint density at radius 1 is 1.35 bits per heavy atom. The van der Waals surface area contributed by atoms with E-state index in [0.29, 0.717) is 11.3 Å². The van der Waals surface area contributed by atoms with Gasteiger partial charge in [-0.25, -0.2) is 0 Å². The van der Waals surface area contributed by atoms with E-state index in [1.54, 1.807) is 12.1 Å². The van der Waals surface area contributed by atoms with Crippen molar-refractivity contribution in [2.45, 2.75) is 24.7 Å². The van der Waals surface area contributed by atoms with Gasteiger partial charge in [0.25, 0.3) is 10.1 Å². The van der Waals surface area contributed by atoms with Crippen LogP contribution >= 0.6 is 0 Å². The summed E-state index contributed by atoms with van der Waals surface area (Å²) >= 11 is 0. The zero-order chi connectivity index (χ0) is 14.8. The van der Waals surface area contributed by atoms with Crippen LogP contribution in [-0.4, -0.2) is 26.1 Å². The molecule has 1 spiro atoms. The first-order chi connectivity index (χ1) is 9.37. The molecule has 1 saturated carbocycles. The molecule has 1 saturated heterocycles. The monoisotopic (exact) mass is 294 g/mol. The number of benzene rings is 1. The number of nitriles is 1. The van der Waals surface area contributed by atoms with Gasteiger partial charge in [0, 0.05) is 18.5 Å². The summed E-state index contributed by atoms with van der Waals surface area (Å²) in [5.74, 6) is 0.374. The average molecular weight is 294 g/mol. The highest BCUT2D eigenvalue weighted by Gasteiger charge is 2.50. The highest BCUT2D eigenvalue weighted by molar-refractivity contribution is 7.85. The van der Waals surface area contributed by atoms with E-state index in [-0.39, 0.29) is 4.90 Å². The Morgan fingerprint density at radius 3 is 2.20 bits per heavy atom. The molecule has 5 nitrogen and oxygen atoms in total. The Balaban J connectivity index is 0.000000149. The molecule has 3 rings (SSSR count). The van der Waals surface area contributed by atoms with E-state index < -0.39 is 10.1 Å². The molecular formula is C14H18N2O3S. The Hall–Kier alpha value is -1.42. The predicted octanol–water partition coefficient (Wildman–Crippen LogP) is 1.75. The van der Waals surface area contributed by atoms with Gasteiger partial charge in [0.1, 0.15) is 0 Å². The second kappa shape index (κ2) is 5.52. The predicted molar refractivity (Wildman–Crippen MR) is 74.6 cm³/mol. The Kier molecular flexibility index (Phi) is 4.14. The highest BCUT2D eigenvalue weighted by Crippen LogP contribution is 2.48. The Labute approximate surface area is 119 Å². The largest absolute Gasteiger partial charge is 0.315 e. The molecule has 1 heterocycles. The lowest BCUT2D eigenvalue weighted by atomic mass is 9.57. The molecule has 0 amide bonds. The third-order valence-corrected chi connectivity index (χ3v) is 4.97. The molecule has 2 fully saturated rings. The van der Waals surface area contributed by atoms with Crippen molar-refractivity contribution in [2.75, 3.05) is 13.1 Å². The summed E-state index contributed by atoms with van der Waals surface area (Å²) in [5.41, 5.74) is 1.40. The molecule has 1 aliphatic carbocycles. The van der Waals surface area contributed by atoms with E-state index in [1.165, 1.54) is 18.6 Å². The van der Waals surface area contributed by atoms with Gasteiger partial charge in [0.05, 0.1) is 16.9 Å². The lowest BCUT2D eigenvalue weighted by molar-refractivity contribution is 0.0103. The maximum Gasteiger partial charge on any atom is 0.294 e. The van der Waals surface area contributed by atoms with E-state index in [0.717, 1.165) is 25.1 Å². The summed E-state index contributed by atoms with van der Waals surface area (Å²) in [6, 6.07) is 8.34. The van der Waals surface area contributed by atoms with Gasteiger partial charge < -0.3 is 5.32 Å². The topological polar surface area (TPSA) is 90.2 Å². The minimum atomic E-state index is -4.02. The smallest absolute Gasteiger partial charge is 0.294 e.